The van der Waals surface area contributed by atoms with Crippen molar-refractivity contribution in [3.8, 4) is 0 Å². The Balaban J connectivity index is 2.03. The summed E-state index contributed by atoms with van der Waals surface area (Å²) in [6, 6.07) is 10.8. The van der Waals surface area contributed by atoms with Crippen LogP contribution < -0.4 is 5.73 Å². The summed E-state index contributed by atoms with van der Waals surface area (Å²) in [6.45, 7) is 0.571. The minimum atomic E-state index is -0.603. The molecule has 19 heavy (non-hydrogen) atoms. The number of rotatable bonds is 4. The number of hydrogen-bond donors (Lipinski definition) is 1. The molecule has 1 unspecified atom stereocenters. The Morgan fingerprint density at radius 2 is 2.11 bits per heavy atom. The number of carbonyl (C=O) groups excluding carboxylic acids is 1. The largest absolute Gasteiger partial charge is 0.340 e. The van der Waals surface area contributed by atoms with Gasteiger partial charge in [-0.15, -0.1) is 11.3 Å². The van der Waals surface area contributed by atoms with Gasteiger partial charge in [0.05, 0.1) is 3.79 Å². The summed E-state index contributed by atoms with van der Waals surface area (Å²) >= 11 is 5.03. The molecule has 0 radical (unpaired) electrons. The highest BCUT2D eigenvalue weighted by Gasteiger charge is 2.19. The van der Waals surface area contributed by atoms with Crippen molar-refractivity contribution in [1.29, 1.82) is 0 Å². The summed E-state index contributed by atoms with van der Waals surface area (Å²) in [5, 5.41) is 2.03. The van der Waals surface area contributed by atoms with Crippen LogP contribution in [0.1, 0.15) is 17.2 Å². The molecule has 1 atom stereocenters. The van der Waals surface area contributed by atoms with Gasteiger partial charge < -0.3 is 10.6 Å². The van der Waals surface area contributed by atoms with Gasteiger partial charge in [-0.2, -0.15) is 0 Å². The van der Waals surface area contributed by atoms with E-state index in [9.17, 15) is 4.79 Å². The van der Waals surface area contributed by atoms with Crippen LogP contribution in [0.15, 0.2) is 45.6 Å². The summed E-state index contributed by atoms with van der Waals surface area (Å²) in [6.07, 6.45) is 0. The minimum Gasteiger partial charge on any atom is -0.340 e. The number of halogens is 1. The maximum atomic E-state index is 12.2. The lowest BCUT2D eigenvalue weighted by atomic mass is 10.1. The molecular formula is C14H15BrN2OS. The number of benzene rings is 1. The predicted molar refractivity (Wildman–Crippen MR) is 81.9 cm³/mol. The van der Waals surface area contributed by atoms with Crippen LogP contribution in [0.3, 0.4) is 0 Å². The average molecular weight is 339 g/mol. The van der Waals surface area contributed by atoms with Crippen LogP contribution in [-0.4, -0.2) is 17.9 Å². The van der Waals surface area contributed by atoms with Gasteiger partial charge in [-0.1, -0.05) is 30.3 Å². The van der Waals surface area contributed by atoms with Crippen molar-refractivity contribution >= 4 is 33.2 Å². The fourth-order valence-corrected chi connectivity index (χ4v) is 3.02. The van der Waals surface area contributed by atoms with Crippen molar-refractivity contribution in [2.75, 3.05) is 7.05 Å². The van der Waals surface area contributed by atoms with E-state index in [0.717, 1.165) is 14.9 Å². The highest BCUT2D eigenvalue weighted by Crippen LogP contribution is 2.22. The first-order chi connectivity index (χ1) is 9.08. The molecule has 1 heterocycles. The van der Waals surface area contributed by atoms with E-state index in [0.29, 0.717) is 6.54 Å². The fourth-order valence-electron chi connectivity index (χ4n) is 1.82. The molecule has 3 nitrogen and oxygen atoms in total. The van der Waals surface area contributed by atoms with E-state index in [-0.39, 0.29) is 5.91 Å². The van der Waals surface area contributed by atoms with Crippen LogP contribution in [-0.2, 0) is 11.3 Å². The van der Waals surface area contributed by atoms with Gasteiger partial charge in [0.2, 0.25) is 5.91 Å². The lowest BCUT2D eigenvalue weighted by Gasteiger charge is -2.21. The van der Waals surface area contributed by atoms with E-state index in [2.05, 4.69) is 15.9 Å². The number of nitrogens with two attached hydrogens (primary N) is 1. The smallest absolute Gasteiger partial charge is 0.244 e. The Kier molecular flexibility index (Phi) is 4.74. The summed E-state index contributed by atoms with van der Waals surface area (Å²) in [7, 11) is 1.77. The molecule has 2 aromatic rings. The molecule has 0 aliphatic carbocycles. The van der Waals surface area contributed by atoms with Gasteiger partial charge in [0, 0.05) is 13.6 Å². The second kappa shape index (κ2) is 6.32. The lowest BCUT2D eigenvalue weighted by Crippen LogP contribution is -2.35. The van der Waals surface area contributed by atoms with E-state index in [1.165, 1.54) is 0 Å². The number of likely N-dealkylation sites (N-methyl/N-ethyl adjacent to an activating group) is 1. The molecule has 0 spiro atoms. The van der Waals surface area contributed by atoms with Crippen LogP contribution in [0.5, 0.6) is 0 Å². The zero-order chi connectivity index (χ0) is 13.8. The van der Waals surface area contributed by atoms with Crippen molar-refractivity contribution in [3.05, 3.63) is 56.7 Å². The third-order valence-corrected chi connectivity index (χ3v) is 4.40. The molecule has 0 saturated carbocycles. The maximum absolute atomic E-state index is 12.2. The van der Waals surface area contributed by atoms with Crippen LogP contribution in [0.25, 0.3) is 0 Å². The Morgan fingerprint density at radius 3 is 2.68 bits per heavy atom. The molecule has 1 aromatic heterocycles. The zero-order valence-corrected chi connectivity index (χ0v) is 12.9. The van der Waals surface area contributed by atoms with Crippen molar-refractivity contribution in [2.45, 2.75) is 12.6 Å². The van der Waals surface area contributed by atoms with E-state index < -0.39 is 6.04 Å². The van der Waals surface area contributed by atoms with Crippen LogP contribution in [0, 0.1) is 0 Å². The summed E-state index contributed by atoms with van der Waals surface area (Å²) in [5.41, 5.74) is 7.94. The number of nitrogens with zero attached hydrogens (tertiary/aromatic N) is 1. The molecule has 2 rings (SSSR count). The van der Waals surface area contributed by atoms with Crippen LogP contribution >= 0.6 is 27.3 Å². The zero-order valence-electron chi connectivity index (χ0n) is 10.5. The molecule has 0 aliphatic heterocycles. The predicted octanol–water partition coefficient (Wildman–Crippen LogP) is 3.17. The number of amides is 1. The number of carbonyl (C=O) groups is 1. The first-order valence-electron chi connectivity index (χ1n) is 5.86. The van der Waals surface area contributed by atoms with Crippen molar-refractivity contribution in [2.24, 2.45) is 5.73 Å². The summed E-state index contributed by atoms with van der Waals surface area (Å²) in [4.78, 5) is 13.9. The molecule has 0 fully saturated rings. The average Bonchev–Trinajstić information content (AvgIpc) is 2.83. The second-order valence-electron chi connectivity index (χ2n) is 4.34. The molecule has 0 aliphatic rings. The van der Waals surface area contributed by atoms with Gasteiger partial charge in [0.25, 0.3) is 0 Å². The van der Waals surface area contributed by atoms with E-state index in [1.807, 2.05) is 41.8 Å². The number of thiophene rings is 1. The molecular weight excluding hydrogens is 324 g/mol. The van der Waals surface area contributed by atoms with Gasteiger partial charge >= 0.3 is 0 Å². The van der Waals surface area contributed by atoms with Gasteiger partial charge in [0.1, 0.15) is 6.04 Å². The van der Waals surface area contributed by atoms with Crippen LogP contribution in [0.2, 0.25) is 0 Å². The summed E-state index contributed by atoms with van der Waals surface area (Å²) < 4.78 is 1.07. The Labute approximate surface area is 125 Å². The molecule has 1 aromatic carbocycles. The van der Waals surface area contributed by atoms with E-state index >= 15 is 0 Å². The van der Waals surface area contributed by atoms with Crippen molar-refractivity contribution in [1.82, 2.24) is 4.90 Å². The van der Waals surface area contributed by atoms with Gasteiger partial charge in [-0.05, 0) is 38.5 Å². The van der Waals surface area contributed by atoms with Gasteiger partial charge in [-0.3, -0.25) is 4.79 Å². The van der Waals surface area contributed by atoms with Crippen LogP contribution in [0.4, 0.5) is 0 Å². The molecule has 5 heteroatoms. The van der Waals surface area contributed by atoms with E-state index in [1.54, 1.807) is 23.3 Å². The first kappa shape index (κ1) is 14.2. The molecule has 2 N–H and O–H groups in total. The monoisotopic (exact) mass is 338 g/mol. The fraction of sp³-hybridized carbons (Fsp3) is 0.214. The SMILES string of the molecule is CN(Cc1csc(Br)c1)C(=O)C(N)c1ccccc1. The molecule has 1 amide bonds. The molecule has 0 saturated heterocycles. The molecule has 0 bridgehead atoms. The standard InChI is InChI=1S/C14H15BrN2OS/c1-17(8-10-7-12(15)19-9-10)14(18)13(16)11-5-3-2-4-6-11/h2-7,9,13H,8,16H2,1H3. The third kappa shape index (κ3) is 3.65. The van der Waals surface area contributed by atoms with E-state index in [4.69, 9.17) is 5.73 Å². The minimum absolute atomic E-state index is 0.0754. The Bertz CT molecular complexity index is 556. The third-order valence-electron chi connectivity index (χ3n) is 2.84. The highest BCUT2D eigenvalue weighted by molar-refractivity contribution is 9.11. The van der Waals surface area contributed by atoms with Gasteiger partial charge in [0.15, 0.2) is 0 Å². The summed E-state index contributed by atoms with van der Waals surface area (Å²) in [5.74, 6) is -0.0754. The second-order valence-corrected chi connectivity index (χ2v) is 6.63. The maximum Gasteiger partial charge on any atom is 0.244 e. The van der Waals surface area contributed by atoms with Crippen molar-refractivity contribution < 1.29 is 4.79 Å². The topological polar surface area (TPSA) is 46.3 Å². The Morgan fingerprint density at radius 1 is 1.42 bits per heavy atom. The first-order valence-corrected chi connectivity index (χ1v) is 7.53. The Hall–Kier alpha value is -1.17. The lowest BCUT2D eigenvalue weighted by molar-refractivity contribution is -0.131. The van der Waals surface area contributed by atoms with Gasteiger partial charge in [-0.25, -0.2) is 0 Å². The van der Waals surface area contributed by atoms with Crippen molar-refractivity contribution in [3.63, 3.8) is 0 Å². The quantitative estimate of drug-likeness (QED) is 0.930. The highest BCUT2D eigenvalue weighted by atomic mass is 79.9. The normalized spacial score (nSPS) is 12.2. The molecule has 100 valence electrons. The number of hydrogen-bond acceptors (Lipinski definition) is 3.